The van der Waals surface area contributed by atoms with Crippen molar-refractivity contribution in [2.75, 3.05) is 26.8 Å². The number of nitrogens with one attached hydrogen (secondary N) is 1. The highest BCUT2D eigenvalue weighted by Gasteiger charge is 2.17. The molecule has 21 heavy (non-hydrogen) atoms. The van der Waals surface area contributed by atoms with Gasteiger partial charge in [0.2, 0.25) is 0 Å². The van der Waals surface area contributed by atoms with Crippen molar-refractivity contribution < 1.29 is 9.47 Å². The van der Waals surface area contributed by atoms with E-state index < -0.39 is 0 Å². The molecule has 5 heteroatoms. The van der Waals surface area contributed by atoms with Gasteiger partial charge in [-0.25, -0.2) is 4.98 Å². The summed E-state index contributed by atoms with van der Waals surface area (Å²) in [5, 5.41) is 3.20. The third kappa shape index (κ3) is 2.83. The molecular weight excluding hydrogens is 266 g/mol. The van der Waals surface area contributed by atoms with Gasteiger partial charge in [0.1, 0.15) is 19.0 Å². The summed E-state index contributed by atoms with van der Waals surface area (Å²) in [5.41, 5.74) is 2.15. The van der Waals surface area contributed by atoms with E-state index >= 15 is 0 Å². The number of hydrogen-bond donors (Lipinski definition) is 1. The van der Waals surface area contributed by atoms with Gasteiger partial charge in [-0.2, -0.15) is 0 Å². The van der Waals surface area contributed by atoms with Gasteiger partial charge in [-0.05, 0) is 13.5 Å². The molecule has 114 valence electrons. The van der Waals surface area contributed by atoms with Crippen molar-refractivity contribution in [3.05, 3.63) is 18.0 Å². The highest BCUT2D eigenvalue weighted by Crippen LogP contribution is 2.34. The first-order valence-corrected chi connectivity index (χ1v) is 7.77. The molecule has 1 aliphatic rings. The van der Waals surface area contributed by atoms with Crippen LogP contribution in [0.1, 0.15) is 25.6 Å². The van der Waals surface area contributed by atoms with Crippen LogP contribution >= 0.6 is 0 Å². The molecule has 1 aromatic heterocycles. The van der Waals surface area contributed by atoms with E-state index in [1.54, 1.807) is 0 Å². The quantitative estimate of drug-likeness (QED) is 0.887. The zero-order valence-electron chi connectivity index (χ0n) is 12.8. The van der Waals surface area contributed by atoms with E-state index in [0.717, 1.165) is 54.3 Å². The third-order valence-corrected chi connectivity index (χ3v) is 3.83. The van der Waals surface area contributed by atoms with Gasteiger partial charge >= 0.3 is 0 Å². The van der Waals surface area contributed by atoms with Crippen molar-refractivity contribution in [1.82, 2.24) is 14.9 Å². The number of ether oxygens (including phenoxy) is 2. The van der Waals surface area contributed by atoms with Gasteiger partial charge < -0.3 is 19.4 Å². The highest BCUT2D eigenvalue weighted by atomic mass is 16.6. The van der Waals surface area contributed by atoms with E-state index in [9.17, 15) is 0 Å². The SMILES string of the molecule is CCCCn1c(CCNC)nc2cc3c(cc21)OCCO3. The van der Waals surface area contributed by atoms with Crippen LogP contribution in [0.15, 0.2) is 12.1 Å². The van der Waals surface area contributed by atoms with Gasteiger partial charge in [0.25, 0.3) is 0 Å². The number of fused-ring (bicyclic) bond motifs is 2. The summed E-state index contributed by atoms with van der Waals surface area (Å²) in [7, 11) is 1.97. The predicted octanol–water partition coefficient (Wildman–Crippen LogP) is 2.37. The van der Waals surface area contributed by atoms with Crippen LogP contribution in [0, 0.1) is 0 Å². The first-order chi connectivity index (χ1) is 10.3. The normalized spacial score (nSPS) is 13.8. The smallest absolute Gasteiger partial charge is 0.163 e. The lowest BCUT2D eigenvalue weighted by Gasteiger charge is -2.18. The summed E-state index contributed by atoms with van der Waals surface area (Å²) in [6.45, 7) is 5.38. The molecule has 0 atom stereocenters. The topological polar surface area (TPSA) is 48.3 Å². The standard InChI is InChI=1S/C16H23N3O2/c1-3-4-7-19-13-11-15-14(20-8-9-21-15)10-12(13)18-16(19)5-6-17-2/h10-11,17H,3-9H2,1-2H3. The fourth-order valence-electron chi connectivity index (χ4n) is 2.70. The Morgan fingerprint density at radius 3 is 2.71 bits per heavy atom. The van der Waals surface area contributed by atoms with Crippen LogP contribution in [0.5, 0.6) is 11.5 Å². The fourth-order valence-corrected chi connectivity index (χ4v) is 2.70. The van der Waals surface area contributed by atoms with E-state index in [4.69, 9.17) is 14.5 Å². The third-order valence-electron chi connectivity index (χ3n) is 3.83. The molecule has 0 aliphatic carbocycles. The van der Waals surface area contributed by atoms with Crippen LogP contribution in [-0.2, 0) is 13.0 Å². The maximum absolute atomic E-state index is 5.70. The molecule has 0 fully saturated rings. The zero-order valence-corrected chi connectivity index (χ0v) is 12.8. The molecule has 0 spiro atoms. The highest BCUT2D eigenvalue weighted by molar-refractivity contribution is 5.80. The van der Waals surface area contributed by atoms with Gasteiger partial charge in [-0.15, -0.1) is 0 Å². The lowest BCUT2D eigenvalue weighted by atomic mass is 10.2. The minimum Gasteiger partial charge on any atom is -0.486 e. The minimum atomic E-state index is 0.613. The molecule has 0 bridgehead atoms. The fraction of sp³-hybridized carbons (Fsp3) is 0.562. The maximum Gasteiger partial charge on any atom is 0.163 e. The van der Waals surface area contributed by atoms with Crippen molar-refractivity contribution in [1.29, 1.82) is 0 Å². The lowest BCUT2D eigenvalue weighted by molar-refractivity contribution is 0.172. The molecule has 2 aromatic rings. The van der Waals surface area contributed by atoms with Crippen molar-refractivity contribution in [3.8, 4) is 11.5 Å². The molecule has 0 saturated carbocycles. The van der Waals surface area contributed by atoms with Gasteiger partial charge in [-0.1, -0.05) is 13.3 Å². The second-order valence-electron chi connectivity index (χ2n) is 5.37. The van der Waals surface area contributed by atoms with E-state index in [2.05, 4.69) is 22.9 Å². The largest absolute Gasteiger partial charge is 0.486 e. The zero-order chi connectivity index (χ0) is 14.7. The Hall–Kier alpha value is -1.75. The van der Waals surface area contributed by atoms with Gasteiger partial charge in [0, 0.05) is 31.6 Å². The van der Waals surface area contributed by atoms with Gasteiger partial charge in [0.05, 0.1) is 11.0 Å². The molecule has 1 aromatic carbocycles. The van der Waals surface area contributed by atoms with Crippen molar-refractivity contribution in [2.45, 2.75) is 32.7 Å². The van der Waals surface area contributed by atoms with Crippen LogP contribution < -0.4 is 14.8 Å². The number of imidazole rings is 1. The van der Waals surface area contributed by atoms with Gasteiger partial charge in [-0.3, -0.25) is 0 Å². The average molecular weight is 289 g/mol. The molecule has 1 aliphatic heterocycles. The first-order valence-electron chi connectivity index (χ1n) is 7.77. The molecular formula is C16H23N3O2. The summed E-state index contributed by atoms with van der Waals surface area (Å²) in [4.78, 5) is 4.80. The Kier molecular flexibility index (Phi) is 4.29. The molecule has 0 saturated heterocycles. The van der Waals surface area contributed by atoms with E-state index in [1.165, 1.54) is 6.42 Å². The van der Waals surface area contributed by atoms with E-state index in [1.807, 2.05) is 13.1 Å². The Morgan fingerprint density at radius 1 is 1.24 bits per heavy atom. The Bertz CT molecular complexity index is 621. The van der Waals surface area contributed by atoms with Crippen molar-refractivity contribution in [3.63, 3.8) is 0 Å². The van der Waals surface area contributed by atoms with Crippen LogP contribution in [0.3, 0.4) is 0 Å². The average Bonchev–Trinajstić information content (AvgIpc) is 2.85. The Labute approximate surface area is 125 Å². The van der Waals surface area contributed by atoms with Crippen molar-refractivity contribution in [2.24, 2.45) is 0 Å². The van der Waals surface area contributed by atoms with E-state index in [-0.39, 0.29) is 0 Å². The van der Waals surface area contributed by atoms with E-state index in [0.29, 0.717) is 13.2 Å². The molecule has 2 heterocycles. The second-order valence-corrected chi connectivity index (χ2v) is 5.37. The summed E-state index contributed by atoms with van der Waals surface area (Å²) in [5.74, 6) is 2.79. The molecule has 0 unspecified atom stereocenters. The molecule has 3 rings (SSSR count). The Morgan fingerprint density at radius 2 is 2.00 bits per heavy atom. The number of nitrogens with zero attached hydrogens (tertiary/aromatic N) is 2. The molecule has 1 N–H and O–H groups in total. The number of unbranched alkanes of at least 4 members (excludes halogenated alkanes) is 1. The maximum atomic E-state index is 5.70. The van der Waals surface area contributed by atoms with Crippen LogP contribution in [-0.4, -0.2) is 36.4 Å². The monoisotopic (exact) mass is 289 g/mol. The number of hydrogen-bond acceptors (Lipinski definition) is 4. The number of aromatic nitrogens is 2. The molecule has 0 amide bonds. The summed E-state index contributed by atoms with van der Waals surface area (Å²) >= 11 is 0. The Balaban J connectivity index is 2.03. The van der Waals surface area contributed by atoms with Crippen LogP contribution in [0.25, 0.3) is 11.0 Å². The molecule has 5 nitrogen and oxygen atoms in total. The second kappa shape index (κ2) is 6.35. The number of aryl methyl sites for hydroxylation is 1. The lowest BCUT2D eigenvalue weighted by Crippen LogP contribution is -2.15. The summed E-state index contributed by atoms with van der Waals surface area (Å²) in [6, 6.07) is 4.09. The summed E-state index contributed by atoms with van der Waals surface area (Å²) < 4.78 is 13.7. The van der Waals surface area contributed by atoms with Crippen molar-refractivity contribution >= 4 is 11.0 Å². The molecule has 0 radical (unpaired) electrons. The predicted molar refractivity (Wildman–Crippen MR) is 83.3 cm³/mol. The number of benzene rings is 1. The summed E-state index contributed by atoms with van der Waals surface area (Å²) in [6.07, 6.45) is 3.27. The number of rotatable bonds is 6. The minimum absolute atomic E-state index is 0.613. The van der Waals surface area contributed by atoms with Crippen LogP contribution in [0.4, 0.5) is 0 Å². The van der Waals surface area contributed by atoms with Crippen LogP contribution in [0.2, 0.25) is 0 Å². The first kappa shape index (κ1) is 14.2. The number of likely N-dealkylation sites (N-methyl/N-ethyl adjacent to an activating group) is 1. The van der Waals surface area contributed by atoms with Gasteiger partial charge in [0.15, 0.2) is 11.5 Å².